The third-order valence-electron chi connectivity index (χ3n) is 6.03. The zero-order chi connectivity index (χ0) is 19.9. The van der Waals surface area contributed by atoms with E-state index in [2.05, 4.69) is 20.1 Å². The van der Waals surface area contributed by atoms with Crippen LogP contribution in [0.1, 0.15) is 50.7 Å². The summed E-state index contributed by atoms with van der Waals surface area (Å²) in [5, 5.41) is 5.38. The van der Waals surface area contributed by atoms with Crippen molar-refractivity contribution >= 4 is 22.6 Å². The molecular weight excluding hydrogens is 393 g/mol. The number of hydrogen-bond acceptors (Lipinski definition) is 4. The molecule has 0 N–H and O–H groups in total. The van der Waals surface area contributed by atoms with Crippen molar-refractivity contribution in [1.82, 2.24) is 29.3 Å². The van der Waals surface area contributed by atoms with Crippen LogP contribution in [0.2, 0.25) is 5.28 Å². The largest absolute Gasteiger partial charge is 0.434 e. The number of nitrogens with zero attached hydrogens (tertiary/aromatic N) is 6. The van der Waals surface area contributed by atoms with Gasteiger partial charge in [-0.15, -0.1) is 0 Å². The van der Waals surface area contributed by atoms with Crippen LogP contribution in [0.3, 0.4) is 0 Å². The maximum atomic E-state index is 13.2. The average molecular weight is 411 g/mol. The summed E-state index contributed by atoms with van der Waals surface area (Å²) in [4.78, 5) is 12.2. The summed E-state index contributed by atoms with van der Waals surface area (Å²) in [6, 6.07) is -0.0718. The van der Waals surface area contributed by atoms with E-state index in [1.165, 1.54) is 0 Å². The first-order valence-electron chi connectivity index (χ1n) is 9.12. The minimum atomic E-state index is -4.43. The summed E-state index contributed by atoms with van der Waals surface area (Å²) < 4.78 is 43.0. The van der Waals surface area contributed by atoms with Crippen molar-refractivity contribution in [2.24, 2.45) is 5.41 Å². The van der Waals surface area contributed by atoms with Crippen LogP contribution in [0.15, 0.2) is 18.6 Å². The Labute approximate surface area is 163 Å². The van der Waals surface area contributed by atoms with E-state index in [1.807, 2.05) is 18.5 Å². The number of rotatable bonds is 4. The minimum absolute atomic E-state index is 0.0303. The van der Waals surface area contributed by atoms with Gasteiger partial charge < -0.3 is 4.57 Å². The fraction of sp³-hybridized carbons (Fsp3) is 0.556. The molecule has 28 heavy (non-hydrogen) atoms. The zero-order valence-corrected chi connectivity index (χ0v) is 16.1. The molecule has 3 saturated carbocycles. The molecule has 10 heteroatoms. The molecule has 0 spiro atoms. The molecular formula is C18H18ClF3N6. The Hall–Kier alpha value is -2.16. The molecule has 6 nitrogen and oxygen atoms in total. The van der Waals surface area contributed by atoms with Crippen molar-refractivity contribution < 1.29 is 13.2 Å². The highest BCUT2D eigenvalue weighted by atomic mass is 35.5. The first-order valence-corrected chi connectivity index (χ1v) is 9.49. The smallest absolute Gasteiger partial charge is 0.331 e. The molecule has 3 fully saturated rings. The van der Waals surface area contributed by atoms with Gasteiger partial charge in [0.15, 0.2) is 11.3 Å². The number of fused-ring (bicyclic) bond motifs is 1. The average Bonchev–Trinajstić information content (AvgIpc) is 3.13. The van der Waals surface area contributed by atoms with Gasteiger partial charge in [0.25, 0.3) is 0 Å². The third-order valence-corrected chi connectivity index (χ3v) is 6.21. The van der Waals surface area contributed by atoms with Gasteiger partial charge in [-0.2, -0.15) is 23.3 Å². The van der Waals surface area contributed by atoms with Gasteiger partial charge in [0.2, 0.25) is 5.28 Å². The van der Waals surface area contributed by atoms with Crippen LogP contribution in [-0.2, 0) is 18.1 Å². The summed E-state index contributed by atoms with van der Waals surface area (Å²) in [6.07, 6.45) is 2.48. The predicted octanol–water partition coefficient (Wildman–Crippen LogP) is 4.40. The van der Waals surface area contributed by atoms with Crippen molar-refractivity contribution in [3.05, 3.63) is 35.4 Å². The summed E-state index contributed by atoms with van der Waals surface area (Å²) in [7, 11) is 0. The van der Waals surface area contributed by atoms with Crippen molar-refractivity contribution in [2.75, 3.05) is 0 Å². The van der Waals surface area contributed by atoms with Gasteiger partial charge in [0, 0.05) is 30.4 Å². The topological polar surface area (TPSA) is 61.4 Å². The van der Waals surface area contributed by atoms with E-state index < -0.39 is 11.9 Å². The Morgan fingerprint density at radius 3 is 2.54 bits per heavy atom. The molecule has 0 radical (unpaired) electrons. The van der Waals surface area contributed by atoms with Gasteiger partial charge in [-0.05, 0) is 50.1 Å². The molecule has 0 amide bonds. The van der Waals surface area contributed by atoms with Crippen LogP contribution < -0.4 is 0 Å². The first-order chi connectivity index (χ1) is 13.1. The van der Waals surface area contributed by atoms with Gasteiger partial charge >= 0.3 is 6.18 Å². The lowest BCUT2D eigenvalue weighted by Gasteiger charge is -2.70. The third kappa shape index (κ3) is 2.48. The second-order valence-corrected chi connectivity index (χ2v) is 8.82. The number of hydrogen-bond donors (Lipinski definition) is 0. The van der Waals surface area contributed by atoms with Gasteiger partial charge in [0.1, 0.15) is 5.82 Å². The van der Waals surface area contributed by atoms with Gasteiger partial charge in [-0.3, -0.25) is 0 Å². The zero-order valence-electron chi connectivity index (χ0n) is 15.3. The van der Waals surface area contributed by atoms with Crippen molar-refractivity contribution in [2.45, 2.75) is 57.3 Å². The SMILES string of the molecule is CC(C)n1cc(C(F)(F)F)nc1C12CC(Cn3ncc4cnc(Cl)nc43)(C1)C2. The van der Waals surface area contributed by atoms with E-state index in [9.17, 15) is 13.2 Å². The van der Waals surface area contributed by atoms with Gasteiger partial charge in [-0.25, -0.2) is 14.6 Å². The predicted molar refractivity (Wildman–Crippen MR) is 95.9 cm³/mol. The van der Waals surface area contributed by atoms with E-state index >= 15 is 0 Å². The molecule has 0 saturated heterocycles. The standard InChI is InChI=1S/C18H18ClF3N6/c1-10(2)27-5-12(18(20,21)22)25-14(27)17-6-16(7-17,8-17)9-28-13-11(4-24-28)3-23-15(19)26-13/h3-5,10H,6-9H2,1-2H3. The van der Waals surface area contributed by atoms with E-state index in [0.29, 0.717) is 18.0 Å². The Kier molecular flexibility index (Phi) is 3.49. The van der Waals surface area contributed by atoms with Crippen LogP contribution in [0.25, 0.3) is 11.0 Å². The molecule has 3 aromatic heterocycles. The van der Waals surface area contributed by atoms with E-state index in [1.54, 1.807) is 17.0 Å². The molecule has 0 unspecified atom stereocenters. The molecule has 0 atom stereocenters. The first kappa shape index (κ1) is 17.9. The maximum Gasteiger partial charge on any atom is 0.434 e. The molecule has 3 heterocycles. The quantitative estimate of drug-likeness (QED) is 0.598. The highest BCUT2D eigenvalue weighted by molar-refractivity contribution is 6.28. The molecule has 3 aromatic rings. The molecule has 6 rings (SSSR count). The van der Waals surface area contributed by atoms with Crippen molar-refractivity contribution in [3.63, 3.8) is 0 Å². The second kappa shape index (κ2) is 5.46. The van der Waals surface area contributed by atoms with E-state index in [-0.39, 0.29) is 22.2 Å². The summed E-state index contributed by atoms with van der Waals surface area (Å²) in [5.74, 6) is 0.562. The lowest BCUT2D eigenvalue weighted by molar-refractivity contribution is -0.160. The van der Waals surface area contributed by atoms with E-state index in [0.717, 1.165) is 30.8 Å². The normalized spacial score (nSPS) is 26.5. The Balaban J connectivity index is 1.40. The number of aromatic nitrogens is 6. The summed E-state index contributed by atoms with van der Waals surface area (Å²) >= 11 is 5.90. The maximum absolute atomic E-state index is 13.2. The lowest BCUT2D eigenvalue weighted by Crippen LogP contribution is -2.67. The highest BCUT2D eigenvalue weighted by Gasteiger charge is 2.70. The van der Waals surface area contributed by atoms with Crippen LogP contribution in [0.5, 0.6) is 0 Å². The molecule has 0 aliphatic heterocycles. The highest BCUT2D eigenvalue weighted by Crippen LogP contribution is 2.74. The van der Waals surface area contributed by atoms with Crippen LogP contribution >= 0.6 is 11.6 Å². The fourth-order valence-electron chi connectivity index (χ4n) is 5.00. The van der Waals surface area contributed by atoms with Gasteiger partial charge in [0.05, 0.1) is 11.6 Å². The molecule has 3 aliphatic rings. The fourth-order valence-corrected chi connectivity index (χ4v) is 5.13. The molecule has 2 bridgehead atoms. The lowest BCUT2D eigenvalue weighted by atomic mass is 9.35. The number of imidazole rings is 1. The number of alkyl halides is 3. The second-order valence-electron chi connectivity index (χ2n) is 8.48. The van der Waals surface area contributed by atoms with Crippen molar-refractivity contribution in [3.8, 4) is 0 Å². The molecule has 148 valence electrons. The number of halogens is 4. The monoisotopic (exact) mass is 410 g/mol. The Bertz CT molecular complexity index is 1060. The van der Waals surface area contributed by atoms with Crippen LogP contribution in [-0.4, -0.2) is 29.3 Å². The Morgan fingerprint density at radius 1 is 1.18 bits per heavy atom. The molecule has 0 aromatic carbocycles. The molecule has 3 aliphatic carbocycles. The van der Waals surface area contributed by atoms with E-state index in [4.69, 9.17) is 11.6 Å². The van der Waals surface area contributed by atoms with Gasteiger partial charge in [-0.1, -0.05) is 0 Å². The van der Waals surface area contributed by atoms with Crippen LogP contribution in [0.4, 0.5) is 13.2 Å². The summed E-state index contributed by atoms with van der Waals surface area (Å²) in [6.45, 7) is 4.43. The van der Waals surface area contributed by atoms with Crippen LogP contribution in [0, 0.1) is 5.41 Å². The summed E-state index contributed by atoms with van der Waals surface area (Å²) in [5.41, 5.74) is -0.354. The minimum Gasteiger partial charge on any atom is -0.331 e. The Morgan fingerprint density at radius 2 is 1.89 bits per heavy atom. The van der Waals surface area contributed by atoms with Crippen molar-refractivity contribution in [1.29, 1.82) is 0 Å².